The van der Waals surface area contributed by atoms with Gasteiger partial charge in [0.25, 0.3) is 0 Å². The molecule has 0 amide bonds. The molecule has 2 aromatic rings. The van der Waals surface area contributed by atoms with Crippen molar-refractivity contribution < 1.29 is 25.9 Å². The minimum absolute atomic E-state index is 0.0777. The highest BCUT2D eigenvalue weighted by molar-refractivity contribution is 7.86. The molecule has 2 aromatic carbocycles. The Labute approximate surface area is 154 Å². The first kappa shape index (κ1) is 19.9. The van der Waals surface area contributed by atoms with Gasteiger partial charge in [0.1, 0.15) is 20.2 Å². The third-order valence-corrected chi connectivity index (χ3v) is 4.72. The molecular formula is C13H10N4O6S3-2. The summed E-state index contributed by atoms with van der Waals surface area (Å²) < 4.78 is 64.9. The highest BCUT2D eigenvalue weighted by Gasteiger charge is 2.02. The fourth-order valence-corrected chi connectivity index (χ4v) is 2.67. The second kappa shape index (κ2) is 7.84. The minimum Gasteiger partial charge on any atom is -0.744 e. The van der Waals surface area contributed by atoms with E-state index in [0.717, 1.165) is 24.3 Å². The highest BCUT2D eigenvalue weighted by atomic mass is 32.2. The monoisotopic (exact) mass is 414 g/mol. The van der Waals surface area contributed by atoms with Crippen molar-refractivity contribution in [3.63, 3.8) is 0 Å². The van der Waals surface area contributed by atoms with Crippen LogP contribution in [0.3, 0.4) is 0 Å². The standard InChI is InChI=1S/C13H12N4O6S3/c18-25(19,20)11-5-1-9(2-6-11)14-16-13(24)17-15-10-3-7-12(8-4-10)26(21,22)23/h1-8,14H,(H,16,24)(H,18,19,20)(H,21,22,23)/p-2. The van der Waals surface area contributed by atoms with Gasteiger partial charge < -0.3 is 9.11 Å². The van der Waals surface area contributed by atoms with E-state index in [1.54, 1.807) is 0 Å². The molecule has 26 heavy (non-hydrogen) atoms. The zero-order valence-corrected chi connectivity index (χ0v) is 15.1. The lowest BCUT2D eigenvalue weighted by Gasteiger charge is -2.10. The van der Waals surface area contributed by atoms with Gasteiger partial charge in [-0.05, 0) is 60.7 Å². The van der Waals surface area contributed by atoms with Crippen molar-refractivity contribution in [1.29, 1.82) is 0 Å². The third-order valence-electron chi connectivity index (χ3n) is 2.84. The van der Waals surface area contributed by atoms with Crippen molar-refractivity contribution in [1.82, 2.24) is 5.43 Å². The molecule has 0 bridgehead atoms. The molecule has 0 spiro atoms. The first-order valence-electron chi connectivity index (χ1n) is 6.65. The summed E-state index contributed by atoms with van der Waals surface area (Å²) in [6.45, 7) is 0. The fourth-order valence-electron chi connectivity index (χ4n) is 1.64. The SMILES string of the molecule is O=S(=O)([O-])c1ccc(N=NC(=S)NNc2ccc(S(=O)(=O)[O-])cc2)cc1. The second-order valence-corrected chi connectivity index (χ2v) is 7.83. The van der Waals surface area contributed by atoms with E-state index < -0.39 is 20.2 Å². The number of hydrogen-bond donors (Lipinski definition) is 2. The van der Waals surface area contributed by atoms with Crippen molar-refractivity contribution >= 4 is 48.9 Å². The first-order chi connectivity index (χ1) is 12.1. The number of azo groups is 1. The summed E-state index contributed by atoms with van der Waals surface area (Å²) in [5, 5.41) is 7.34. The normalized spacial score (nSPS) is 12.1. The molecule has 0 unspecified atom stereocenters. The lowest BCUT2D eigenvalue weighted by molar-refractivity contribution is 0.461. The molecule has 0 radical (unpaired) electrons. The van der Waals surface area contributed by atoms with E-state index in [1.165, 1.54) is 24.3 Å². The molecule has 13 heteroatoms. The molecule has 0 aliphatic carbocycles. The molecule has 10 nitrogen and oxygen atoms in total. The Kier molecular flexibility index (Phi) is 5.99. The van der Waals surface area contributed by atoms with Gasteiger partial charge in [-0.3, -0.25) is 10.9 Å². The van der Waals surface area contributed by atoms with E-state index in [1.807, 2.05) is 0 Å². The molecule has 2 rings (SSSR count). The van der Waals surface area contributed by atoms with Gasteiger partial charge >= 0.3 is 0 Å². The zero-order chi connectivity index (χ0) is 19.4. The van der Waals surface area contributed by atoms with Crippen LogP contribution in [0.4, 0.5) is 11.4 Å². The fraction of sp³-hybridized carbons (Fsp3) is 0. The maximum atomic E-state index is 10.8. The summed E-state index contributed by atoms with van der Waals surface area (Å²) in [7, 11) is -9.05. The third kappa shape index (κ3) is 5.82. The summed E-state index contributed by atoms with van der Waals surface area (Å²) in [6.07, 6.45) is 0. The molecule has 2 N–H and O–H groups in total. The van der Waals surface area contributed by atoms with Crippen molar-refractivity contribution in [2.45, 2.75) is 9.79 Å². The molecule has 0 aliphatic heterocycles. The number of thiocarbonyl (C=S) groups is 1. The van der Waals surface area contributed by atoms with Gasteiger partial charge in [-0.25, -0.2) is 16.8 Å². The molecule has 0 atom stereocenters. The van der Waals surface area contributed by atoms with Crippen LogP contribution < -0.4 is 10.9 Å². The second-order valence-electron chi connectivity index (χ2n) is 4.68. The van der Waals surface area contributed by atoms with Crippen molar-refractivity contribution in [3.05, 3.63) is 48.5 Å². The van der Waals surface area contributed by atoms with Crippen LogP contribution in [0, 0.1) is 0 Å². The largest absolute Gasteiger partial charge is 0.744 e. The molecule has 0 saturated carbocycles. The number of benzene rings is 2. The van der Waals surface area contributed by atoms with Crippen LogP contribution >= 0.6 is 12.2 Å². The molecular weight excluding hydrogens is 404 g/mol. The molecule has 0 fully saturated rings. The maximum Gasteiger partial charge on any atom is 0.232 e. The Morgan fingerprint density at radius 2 is 1.31 bits per heavy atom. The summed E-state index contributed by atoms with van der Waals surface area (Å²) >= 11 is 4.90. The Morgan fingerprint density at radius 1 is 0.846 bits per heavy atom. The Bertz CT molecular complexity index is 1030. The van der Waals surface area contributed by atoms with Gasteiger partial charge in [0.05, 0.1) is 21.2 Å². The quantitative estimate of drug-likeness (QED) is 0.319. The summed E-state index contributed by atoms with van der Waals surface area (Å²) in [5.41, 5.74) is 5.82. The van der Waals surface area contributed by atoms with Gasteiger partial charge in [-0.1, -0.05) is 0 Å². The van der Waals surface area contributed by atoms with Gasteiger partial charge in [-0.15, -0.1) is 10.2 Å². The van der Waals surface area contributed by atoms with E-state index >= 15 is 0 Å². The molecule has 0 aliphatic rings. The van der Waals surface area contributed by atoms with Crippen LogP contribution in [0.25, 0.3) is 0 Å². The summed E-state index contributed by atoms with van der Waals surface area (Å²) in [5.74, 6) is 0. The Balaban J connectivity index is 1.93. The maximum absolute atomic E-state index is 10.8. The van der Waals surface area contributed by atoms with Crippen LogP contribution in [0.5, 0.6) is 0 Å². The van der Waals surface area contributed by atoms with Crippen LogP contribution in [-0.2, 0) is 20.2 Å². The number of anilines is 1. The molecule has 0 saturated heterocycles. The van der Waals surface area contributed by atoms with Gasteiger partial charge in [0.2, 0.25) is 5.11 Å². The molecule has 0 aromatic heterocycles. The van der Waals surface area contributed by atoms with E-state index in [0.29, 0.717) is 5.69 Å². The molecule has 138 valence electrons. The number of nitrogens with one attached hydrogen (secondary N) is 2. The first-order valence-corrected chi connectivity index (χ1v) is 9.88. The number of hydrogen-bond acceptors (Lipinski definition) is 9. The molecule has 0 heterocycles. The minimum atomic E-state index is -4.53. The van der Waals surface area contributed by atoms with Gasteiger partial charge in [-0.2, -0.15) is 0 Å². The van der Waals surface area contributed by atoms with Crippen LogP contribution in [-0.4, -0.2) is 31.1 Å². The topological polar surface area (TPSA) is 163 Å². The van der Waals surface area contributed by atoms with Crippen LogP contribution in [0.15, 0.2) is 68.6 Å². The van der Waals surface area contributed by atoms with Crippen molar-refractivity contribution in [2.24, 2.45) is 10.2 Å². The lowest BCUT2D eigenvalue weighted by atomic mass is 10.3. The average Bonchev–Trinajstić information content (AvgIpc) is 2.57. The zero-order valence-electron chi connectivity index (χ0n) is 12.7. The number of nitrogens with zero attached hydrogens (tertiary/aromatic N) is 2. The predicted molar refractivity (Wildman–Crippen MR) is 92.7 cm³/mol. The lowest BCUT2D eigenvalue weighted by Crippen LogP contribution is -2.25. The number of hydrazine groups is 1. The Hall–Kier alpha value is -2.45. The van der Waals surface area contributed by atoms with E-state index in [-0.39, 0.29) is 20.6 Å². The van der Waals surface area contributed by atoms with Crippen molar-refractivity contribution in [2.75, 3.05) is 5.43 Å². The highest BCUT2D eigenvalue weighted by Crippen LogP contribution is 2.16. The predicted octanol–water partition coefficient (Wildman–Crippen LogP) is 1.48. The van der Waals surface area contributed by atoms with E-state index in [4.69, 9.17) is 12.2 Å². The van der Waals surface area contributed by atoms with Gasteiger partial charge in [0.15, 0.2) is 0 Å². The summed E-state index contributed by atoms with van der Waals surface area (Å²) in [6, 6.07) is 9.71. The smallest absolute Gasteiger partial charge is 0.232 e. The van der Waals surface area contributed by atoms with Gasteiger partial charge in [0, 0.05) is 0 Å². The summed E-state index contributed by atoms with van der Waals surface area (Å²) in [4.78, 5) is -0.754. The number of rotatable bonds is 5. The van der Waals surface area contributed by atoms with E-state index in [2.05, 4.69) is 21.1 Å². The van der Waals surface area contributed by atoms with Crippen LogP contribution in [0.1, 0.15) is 0 Å². The van der Waals surface area contributed by atoms with Crippen LogP contribution in [0.2, 0.25) is 0 Å². The average molecular weight is 414 g/mol. The van der Waals surface area contributed by atoms with Crippen molar-refractivity contribution in [3.8, 4) is 0 Å². The Morgan fingerprint density at radius 3 is 1.77 bits per heavy atom. The van der Waals surface area contributed by atoms with E-state index in [9.17, 15) is 25.9 Å².